The van der Waals surface area contributed by atoms with Crippen molar-refractivity contribution < 1.29 is 9.59 Å². The van der Waals surface area contributed by atoms with Crippen LogP contribution in [0, 0.1) is 0 Å². The van der Waals surface area contributed by atoms with Gasteiger partial charge in [-0.3, -0.25) is 9.59 Å². The van der Waals surface area contributed by atoms with Crippen molar-refractivity contribution in [3.05, 3.63) is 33.8 Å². The zero-order valence-corrected chi connectivity index (χ0v) is 9.52. The van der Waals surface area contributed by atoms with Gasteiger partial charge in [0.25, 0.3) is 5.91 Å². The van der Waals surface area contributed by atoms with E-state index in [0.29, 0.717) is 5.02 Å². The van der Waals surface area contributed by atoms with Crippen molar-refractivity contribution in [1.29, 1.82) is 0 Å². The molecule has 0 fully saturated rings. The van der Waals surface area contributed by atoms with Crippen LogP contribution >= 0.6 is 23.2 Å². The van der Waals surface area contributed by atoms with Gasteiger partial charge in [-0.1, -0.05) is 29.3 Å². The van der Waals surface area contributed by atoms with E-state index in [4.69, 9.17) is 23.2 Å². The summed E-state index contributed by atoms with van der Waals surface area (Å²) in [5.41, 5.74) is 0.269. The monoisotopic (exact) mass is 245 g/mol. The number of Topliss-reactive ketones (excluding diaryl/α,β-unsaturated/α-hetero) is 1. The Bertz CT molecular complexity index is 404. The van der Waals surface area contributed by atoms with Gasteiger partial charge in [-0.25, -0.2) is 0 Å². The topological polar surface area (TPSA) is 46.2 Å². The molecule has 1 rings (SSSR count). The molecule has 80 valence electrons. The lowest BCUT2D eigenvalue weighted by Gasteiger charge is -2.05. The molecule has 1 amide bonds. The summed E-state index contributed by atoms with van der Waals surface area (Å²) in [6.07, 6.45) is 0. The highest BCUT2D eigenvalue weighted by Gasteiger charge is 2.12. The number of carbonyl (C=O) groups is 2. The first-order valence-electron chi connectivity index (χ1n) is 4.24. The van der Waals surface area contributed by atoms with Gasteiger partial charge in [0.15, 0.2) is 0 Å². The molecule has 0 saturated carbocycles. The molecule has 0 spiro atoms. The van der Waals surface area contributed by atoms with Crippen molar-refractivity contribution in [3.8, 4) is 0 Å². The van der Waals surface area contributed by atoms with E-state index in [2.05, 4.69) is 5.32 Å². The second-order valence-electron chi connectivity index (χ2n) is 2.99. The van der Waals surface area contributed by atoms with Crippen LogP contribution in [0.25, 0.3) is 0 Å². The van der Waals surface area contributed by atoms with E-state index in [1.807, 2.05) is 0 Å². The average Bonchev–Trinajstić information content (AvgIpc) is 2.18. The van der Waals surface area contributed by atoms with Crippen LogP contribution < -0.4 is 5.32 Å². The summed E-state index contributed by atoms with van der Waals surface area (Å²) in [6, 6.07) is 4.76. The van der Waals surface area contributed by atoms with E-state index < -0.39 is 5.91 Å². The highest BCUT2D eigenvalue weighted by atomic mass is 35.5. The molecule has 0 saturated heterocycles. The number of nitrogens with one attached hydrogen (secondary N) is 1. The Kier molecular flexibility index (Phi) is 4.12. The molecule has 0 aliphatic rings. The molecule has 0 unspecified atom stereocenters. The molecule has 0 aliphatic carbocycles. The third-order valence-electron chi connectivity index (χ3n) is 1.69. The number of amides is 1. The molecular formula is C10H9Cl2NO2. The second-order valence-corrected chi connectivity index (χ2v) is 3.77. The molecule has 1 aromatic rings. The highest BCUT2D eigenvalue weighted by Crippen LogP contribution is 2.25. The molecule has 0 atom stereocenters. The van der Waals surface area contributed by atoms with E-state index in [1.165, 1.54) is 6.92 Å². The Morgan fingerprint density at radius 3 is 2.60 bits per heavy atom. The Morgan fingerprint density at radius 1 is 1.33 bits per heavy atom. The predicted molar refractivity (Wildman–Crippen MR) is 59.5 cm³/mol. The third kappa shape index (κ3) is 3.22. The summed E-state index contributed by atoms with van der Waals surface area (Å²) in [5, 5.41) is 2.94. The molecule has 0 heterocycles. The van der Waals surface area contributed by atoms with Crippen molar-refractivity contribution in [1.82, 2.24) is 5.32 Å². The number of ketones is 1. The Morgan fingerprint density at radius 2 is 2.00 bits per heavy atom. The first kappa shape index (κ1) is 12.0. The molecule has 0 aliphatic heterocycles. The van der Waals surface area contributed by atoms with Crippen LogP contribution in [0.3, 0.4) is 0 Å². The van der Waals surface area contributed by atoms with Crippen molar-refractivity contribution >= 4 is 34.9 Å². The second kappa shape index (κ2) is 5.14. The summed E-state index contributed by atoms with van der Waals surface area (Å²) in [4.78, 5) is 22.2. The fourth-order valence-electron chi connectivity index (χ4n) is 0.979. The Labute approximate surface area is 97.4 Å². The number of halogens is 2. The molecular weight excluding hydrogens is 237 g/mol. The fraction of sp³-hybridized carbons (Fsp3) is 0.200. The zero-order valence-electron chi connectivity index (χ0n) is 8.01. The molecule has 0 radical (unpaired) electrons. The summed E-state index contributed by atoms with van der Waals surface area (Å²) >= 11 is 11.6. The van der Waals surface area contributed by atoms with Crippen LogP contribution in [0.5, 0.6) is 0 Å². The summed E-state index contributed by atoms with van der Waals surface area (Å²) in [7, 11) is 0. The van der Waals surface area contributed by atoms with Gasteiger partial charge in [-0.15, -0.1) is 0 Å². The minimum absolute atomic E-state index is 0.0122. The van der Waals surface area contributed by atoms with E-state index in [1.54, 1.807) is 18.2 Å². The van der Waals surface area contributed by atoms with Crippen LogP contribution in [0.1, 0.15) is 17.3 Å². The fourth-order valence-corrected chi connectivity index (χ4v) is 1.37. The van der Waals surface area contributed by atoms with Gasteiger partial charge in [0.05, 0.1) is 22.2 Å². The van der Waals surface area contributed by atoms with E-state index in [0.717, 1.165) is 0 Å². The average molecular weight is 246 g/mol. The number of rotatable bonds is 3. The van der Waals surface area contributed by atoms with Crippen molar-refractivity contribution in [2.75, 3.05) is 6.54 Å². The van der Waals surface area contributed by atoms with E-state index >= 15 is 0 Å². The third-order valence-corrected chi connectivity index (χ3v) is 2.51. The van der Waals surface area contributed by atoms with Crippen molar-refractivity contribution in [2.24, 2.45) is 0 Å². The molecule has 0 bridgehead atoms. The van der Waals surface area contributed by atoms with Gasteiger partial charge in [-0.2, -0.15) is 0 Å². The molecule has 1 N–H and O–H groups in total. The van der Waals surface area contributed by atoms with Gasteiger partial charge >= 0.3 is 0 Å². The minimum atomic E-state index is -0.405. The van der Waals surface area contributed by atoms with E-state index in [9.17, 15) is 9.59 Å². The maximum atomic E-state index is 11.5. The summed E-state index contributed by atoms with van der Waals surface area (Å²) in [5.74, 6) is -0.529. The van der Waals surface area contributed by atoms with Crippen LogP contribution in [0.2, 0.25) is 10.0 Å². The lowest BCUT2D eigenvalue weighted by molar-refractivity contribution is -0.116. The Hall–Kier alpha value is -1.06. The van der Waals surface area contributed by atoms with Gasteiger partial charge in [0.2, 0.25) is 0 Å². The summed E-state index contributed by atoms with van der Waals surface area (Å²) in [6.45, 7) is 1.38. The Balaban J connectivity index is 2.82. The highest BCUT2D eigenvalue weighted by molar-refractivity contribution is 6.43. The van der Waals surface area contributed by atoms with Gasteiger partial charge in [0.1, 0.15) is 5.78 Å². The standard InChI is InChI=1S/C10H9Cl2NO2/c1-6(14)5-13-10(15)7-3-2-4-8(11)9(7)12/h2-4H,5H2,1H3,(H,13,15). The van der Waals surface area contributed by atoms with Gasteiger partial charge in [-0.05, 0) is 19.1 Å². The van der Waals surface area contributed by atoms with Crippen molar-refractivity contribution in [3.63, 3.8) is 0 Å². The van der Waals surface area contributed by atoms with Crippen LogP contribution in [0.15, 0.2) is 18.2 Å². The van der Waals surface area contributed by atoms with Crippen molar-refractivity contribution in [2.45, 2.75) is 6.92 Å². The van der Waals surface area contributed by atoms with E-state index in [-0.39, 0.29) is 22.9 Å². The SMILES string of the molecule is CC(=O)CNC(=O)c1cccc(Cl)c1Cl. The quantitative estimate of drug-likeness (QED) is 0.889. The lowest BCUT2D eigenvalue weighted by Crippen LogP contribution is -2.28. The number of benzene rings is 1. The molecule has 0 aromatic heterocycles. The minimum Gasteiger partial charge on any atom is -0.345 e. The number of carbonyl (C=O) groups excluding carboxylic acids is 2. The molecule has 5 heteroatoms. The van der Waals surface area contributed by atoms with Crippen LogP contribution in [-0.2, 0) is 4.79 Å². The van der Waals surface area contributed by atoms with Crippen LogP contribution in [0.4, 0.5) is 0 Å². The largest absolute Gasteiger partial charge is 0.345 e. The molecule has 1 aromatic carbocycles. The maximum absolute atomic E-state index is 11.5. The van der Waals surface area contributed by atoms with Crippen LogP contribution in [-0.4, -0.2) is 18.2 Å². The number of hydrogen-bond donors (Lipinski definition) is 1. The zero-order chi connectivity index (χ0) is 11.4. The lowest BCUT2D eigenvalue weighted by atomic mass is 10.2. The molecule has 3 nitrogen and oxygen atoms in total. The predicted octanol–water partition coefficient (Wildman–Crippen LogP) is 2.31. The first-order chi connectivity index (χ1) is 7.02. The van der Waals surface area contributed by atoms with Gasteiger partial charge in [0, 0.05) is 0 Å². The normalized spacial score (nSPS) is 9.80. The summed E-state index contributed by atoms with van der Waals surface area (Å²) < 4.78 is 0. The smallest absolute Gasteiger partial charge is 0.253 e. The van der Waals surface area contributed by atoms with Gasteiger partial charge < -0.3 is 5.32 Å². The first-order valence-corrected chi connectivity index (χ1v) is 4.99. The maximum Gasteiger partial charge on any atom is 0.253 e. The number of hydrogen-bond acceptors (Lipinski definition) is 2. The molecule has 15 heavy (non-hydrogen) atoms.